The third kappa shape index (κ3) is 8.14. The number of guanidine groups is 1. The minimum Gasteiger partial charge on any atom is -0.497 e. The van der Waals surface area contributed by atoms with Crippen LogP contribution in [0.15, 0.2) is 59.6 Å². The van der Waals surface area contributed by atoms with E-state index in [1.807, 2.05) is 12.1 Å². The highest BCUT2D eigenvalue weighted by molar-refractivity contribution is 14.0. The number of halogens is 1. The van der Waals surface area contributed by atoms with Crippen molar-refractivity contribution in [3.8, 4) is 5.75 Å². The summed E-state index contributed by atoms with van der Waals surface area (Å²) < 4.78 is 5.22. The van der Waals surface area contributed by atoms with E-state index in [0.717, 1.165) is 44.3 Å². The van der Waals surface area contributed by atoms with E-state index in [2.05, 4.69) is 64.9 Å². The van der Waals surface area contributed by atoms with E-state index in [0.29, 0.717) is 12.5 Å². The lowest BCUT2D eigenvalue weighted by molar-refractivity contribution is 0.328. The molecule has 1 atom stereocenters. The molecule has 2 aromatic carbocycles. The summed E-state index contributed by atoms with van der Waals surface area (Å²) in [4.78, 5) is 7.32. The summed E-state index contributed by atoms with van der Waals surface area (Å²) in [5, 5.41) is 6.90. The van der Waals surface area contributed by atoms with Gasteiger partial charge in [-0.15, -0.1) is 24.0 Å². The zero-order chi connectivity index (χ0) is 20.3. The van der Waals surface area contributed by atoms with E-state index in [1.165, 1.54) is 24.1 Å². The maximum atomic E-state index is 5.22. The average Bonchev–Trinajstić information content (AvgIpc) is 3.23. The van der Waals surface area contributed by atoms with Crippen LogP contribution in [0.1, 0.15) is 24.5 Å². The van der Waals surface area contributed by atoms with Crippen LogP contribution in [-0.2, 0) is 13.0 Å². The van der Waals surface area contributed by atoms with Gasteiger partial charge in [0.15, 0.2) is 5.96 Å². The first-order valence-electron chi connectivity index (χ1n) is 10.7. The molecule has 164 valence electrons. The SMILES string of the molecule is CCNC(=NCc1ccc(OC)cc1)NCC1CCN(CCc2ccccc2)C1.I. The van der Waals surface area contributed by atoms with Crippen molar-refractivity contribution in [3.63, 3.8) is 0 Å². The summed E-state index contributed by atoms with van der Waals surface area (Å²) in [5.41, 5.74) is 2.60. The lowest BCUT2D eigenvalue weighted by Crippen LogP contribution is -2.40. The van der Waals surface area contributed by atoms with Crippen LogP contribution in [0.3, 0.4) is 0 Å². The third-order valence-electron chi connectivity index (χ3n) is 5.41. The van der Waals surface area contributed by atoms with Crippen LogP contribution >= 0.6 is 24.0 Å². The Kier molecular flexibility index (Phi) is 11.0. The number of rotatable bonds is 9. The molecule has 0 amide bonds. The molecular weight excluding hydrogens is 487 g/mol. The van der Waals surface area contributed by atoms with Crippen LogP contribution in [-0.4, -0.2) is 50.7 Å². The first kappa shape index (κ1) is 24.5. The third-order valence-corrected chi connectivity index (χ3v) is 5.41. The summed E-state index contributed by atoms with van der Waals surface area (Å²) in [6.45, 7) is 8.10. The number of nitrogens with zero attached hydrogens (tertiary/aromatic N) is 2. The van der Waals surface area contributed by atoms with Crippen LogP contribution in [0.25, 0.3) is 0 Å². The van der Waals surface area contributed by atoms with Gasteiger partial charge in [-0.2, -0.15) is 0 Å². The van der Waals surface area contributed by atoms with Crippen LogP contribution in [0, 0.1) is 5.92 Å². The number of aliphatic imine (C=N–C) groups is 1. The Balaban J connectivity index is 0.00000320. The number of nitrogens with one attached hydrogen (secondary N) is 2. The van der Waals surface area contributed by atoms with E-state index in [-0.39, 0.29) is 24.0 Å². The van der Waals surface area contributed by atoms with Gasteiger partial charge in [-0.05, 0) is 55.5 Å². The number of benzene rings is 2. The molecule has 0 aliphatic carbocycles. The molecule has 1 saturated heterocycles. The second kappa shape index (κ2) is 13.5. The molecule has 0 spiro atoms. The molecule has 2 aromatic rings. The number of hydrogen-bond donors (Lipinski definition) is 2. The summed E-state index contributed by atoms with van der Waals surface area (Å²) in [6.07, 6.45) is 2.38. The predicted octanol–water partition coefficient (Wildman–Crippen LogP) is 3.93. The van der Waals surface area contributed by atoms with Crippen molar-refractivity contribution in [1.82, 2.24) is 15.5 Å². The van der Waals surface area contributed by atoms with Crippen LogP contribution in [0.2, 0.25) is 0 Å². The van der Waals surface area contributed by atoms with Gasteiger partial charge in [0.25, 0.3) is 0 Å². The van der Waals surface area contributed by atoms with Gasteiger partial charge in [0.2, 0.25) is 0 Å². The van der Waals surface area contributed by atoms with E-state index in [9.17, 15) is 0 Å². The summed E-state index contributed by atoms with van der Waals surface area (Å²) in [7, 11) is 1.69. The molecule has 0 radical (unpaired) electrons. The largest absolute Gasteiger partial charge is 0.497 e. The Bertz CT molecular complexity index is 752. The van der Waals surface area contributed by atoms with Crippen LogP contribution in [0.4, 0.5) is 0 Å². The lowest BCUT2D eigenvalue weighted by Gasteiger charge is -2.17. The molecule has 1 aliphatic rings. The number of hydrogen-bond acceptors (Lipinski definition) is 3. The predicted molar refractivity (Wildman–Crippen MR) is 136 cm³/mol. The number of ether oxygens (including phenoxy) is 1. The zero-order valence-corrected chi connectivity index (χ0v) is 20.5. The molecule has 2 N–H and O–H groups in total. The summed E-state index contributed by atoms with van der Waals surface area (Å²) in [6, 6.07) is 18.9. The van der Waals surface area contributed by atoms with Gasteiger partial charge < -0.3 is 20.3 Å². The Labute approximate surface area is 198 Å². The highest BCUT2D eigenvalue weighted by Crippen LogP contribution is 2.16. The minimum atomic E-state index is 0. The first-order chi connectivity index (χ1) is 14.3. The van der Waals surface area contributed by atoms with Crippen molar-refractivity contribution in [3.05, 3.63) is 65.7 Å². The van der Waals surface area contributed by atoms with Gasteiger partial charge in [-0.3, -0.25) is 0 Å². The van der Waals surface area contributed by atoms with Gasteiger partial charge in [-0.25, -0.2) is 4.99 Å². The molecule has 0 saturated carbocycles. The van der Waals surface area contributed by atoms with Gasteiger partial charge in [-0.1, -0.05) is 42.5 Å². The fourth-order valence-electron chi connectivity index (χ4n) is 3.70. The maximum Gasteiger partial charge on any atom is 0.191 e. The molecule has 0 aromatic heterocycles. The smallest absolute Gasteiger partial charge is 0.191 e. The topological polar surface area (TPSA) is 48.9 Å². The monoisotopic (exact) mass is 522 g/mol. The Morgan fingerprint density at radius 3 is 2.53 bits per heavy atom. The average molecular weight is 522 g/mol. The van der Waals surface area contributed by atoms with Gasteiger partial charge in [0.1, 0.15) is 5.75 Å². The molecule has 1 fully saturated rings. The standard InChI is InChI=1S/C24H34N4O.HI/c1-3-25-24(26-17-21-9-11-23(29-2)12-10-21)27-18-22-14-16-28(19-22)15-13-20-7-5-4-6-8-20;/h4-12,22H,3,13-19H2,1-2H3,(H2,25,26,27);1H. The van der Waals surface area contributed by atoms with Crippen molar-refractivity contribution in [2.45, 2.75) is 26.3 Å². The van der Waals surface area contributed by atoms with E-state index >= 15 is 0 Å². The van der Waals surface area contributed by atoms with Crippen LogP contribution in [0.5, 0.6) is 5.75 Å². The summed E-state index contributed by atoms with van der Waals surface area (Å²) >= 11 is 0. The fourth-order valence-corrected chi connectivity index (χ4v) is 3.70. The molecule has 30 heavy (non-hydrogen) atoms. The molecule has 1 heterocycles. The molecule has 3 rings (SSSR count). The fraction of sp³-hybridized carbons (Fsp3) is 0.458. The quantitative estimate of drug-likeness (QED) is 0.298. The lowest BCUT2D eigenvalue weighted by atomic mass is 10.1. The van der Waals surface area contributed by atoms with Crippen molar-refractivity contribution < 1.29 is 4.74 Å². The Morgan fingerprint density at radius 2 is 1.83 bits per heavy atom. The number of likely N-dealkylation sites (tertiary alicyclic amines) is 1. The van der Waals surface area contributed by atoms with E-state index in [1.54, 1.807) is 7.11 Å². The van der Waals surface area contributed by atoms with Crippen molar-refractivity contribution in [1.29, 1.82) is 0 Å². The van der Waals surface area contributed by atoms with E-state index < -0.39 is 0 Å². The molecule has 1 aliphatic heterocycles. The number of methoxy groups -OCH3 is 1. The van der Waals surface area contributed by atoms with Crippen molar-refractivity contribution in [2.75, 3.05) is 39.8 Å². The molecular formula is C24H35IN4O. The highest BCUT2D eigenvalue weighted by Gasteiger charge is 2.22. The molecule has 0 bridgehead atoms. The normalized spacial score (nSPS) is 16.7. The van der Waals surface area contributed by atoms with Gasteiger partial charge in [0.05, 0.1) is 13.7 Å². The van der Waals surface area contributed by atoms with Crippen molar-refractivity contribution in [2.24, 2.45) is 10.9 Å². The molecule has 1 unspecified atom stereocenters. The molecule has 5 nitrogen and oxygen atoms in total. The minimum absolute atomic E-state index is 0. The molecule has 6 heteroatoms. The highest BCUT2D eigenvalue weighted by atomic mass is 127. The van der Waals surface area contributed by atoms with Crippen LogP contribution < -0.4 is 15.4 Å². The first-order valence-corrected chi connectivity index (χ1v) is 10.7. The van der Waals surface area contributed by atoms with E-state index in [4.69, 9.17) is 9.73 Å². The van der Waals surface area contributed by atoms with Gasteiger partial charge in [0, 0.05) is 26.2 Å². The Hall–Kier alpha value is -1.80. The zero-order valence-electron chi connectivity index (χ0n) is 18.1. The Morgan fingerprint density at radius 1 is 1.07 bits per heavy atom. The second-order valence-corrected chi connectivity index (χ2v) is 7.62. The maximum absolute atomic E-state index is 5.22. The summed E-state index contributed by atoms with van der Waals surface area (Å²) in [5.74, 6) is 2.45. The van der Waals surface area contributed by atoms with Crippen molar-refractivity contribution >= 4 is 29.9 Å². The second-order valence-electron chi connectivity index (χ2n) is 7.62. The van der Waals surface area contributed by atoms with Gasteiger partial charge >= 0.3 is 0 Å².